The van der Waals surface area contributed by atoms with Crippen molar-refractivity contribution in [1.29, 1.82) is 0 Å². The molecule has 80 valence electrons. The summed E-state index contributed by atoms with van der Waals surface area (Å²) in [6.45, 7) is 3.27. The van der Waals surface area contributed by atoms with Crippen LogP contribution < -0.4 is 10.1 Å². The van der Waals surface area contributed by atoms with Crippen molar-refractivity contribution in [3.8, 4) is 5.75 Å². The second kappa shape index (κ2) is 3.86. The van der Waals surface area contributed by atoms with Crippen LogP contribution in [0.5, 0.6) is 5.75 Å². The van der Waals surface area contributed by atoms with Crippen LogP contribution in [-0.2, 0) is 0 Å². The Morgan fingerprint density at radius 3 is 3.13 bits per heavy atom. The molecule has 2 unspecified atom stereocenters. The van der Waals surface area contributed by atoms with Gasteiger partial charge in [-0.25, -0.2) is 0 Å². The number of ether oxygens (including phenoxy) is 1. The molecule has 2 atom stereocenters. The third kappa shape index (κ3) is 1.74. The Morgan fingerprint density at radius 2 is 2.27 bits per heavy atom. The van der Waals surface area contributed by atoms with Crippen LogP contribution >= 0.6 is 0 Å². The van der Waals surface area contributed by atoms with Gasteiger partial charge in [0.2, 0.25) is 0 Å². The fraction of sp³-hybridized carbons (Fsp3) is 0.538. The molecule has 2 aliphatic heterocycles. The average molecular weight is 203 g/mol. The first kappa shape index (κ1) is 9.22. The Labute approximate surface area is 90.6 Å². The molecule has 1 aromatic carbocycles. The van der Waals surface area contributed by atoms with Crippen LogP contribution in [-0.4, -0.2) is 19.7 Å². The predicted octanol–water partition coefficient (Wildman–Crippen LogP) is 2.16. The molecular weight excluding hydrogens is 186 g/mol. The normalized spacial score (nSPS) is 28.8. The summed E-state index contributed by atoms with van der Waals surface area (Å²) in [7, 11) is 0. The van der Waals surface area contributed by atoms with Crippen molar-refractivity contribution in [3.63, 3.8) is 0 Å². The van der Waals surface area contributed by atoms with E-state index in [0.29, 0.717) is 5.92 Å². The molecule has 0 aromatic heterocycles. The van der Waals surface area contributed by atoms with Gasteiger partial charge < -0.3 is 10.1 Å². The van der Waals surface area contributed by atoms with Gasteiger partial charge in [0.05, 0.1) is 6.61 Å². The van der Waals surface area contributed by atoms with E-state index in [9.17, 15) is 0 Å². The van der Waals surface area contributed by atoms with E-state index in [2.05, 4.69) is 29.6 Å². The van der Waals surface area contributed by atoms with Crippen molar-refractivity contribution in [2.45, 2.75) is 18.8 Å². The minimum absolute atomic E-state index is 0.631. The number of benzene rings is 1. The van der Waals surface area contributed by atoms with E-state index in [0.717, 1.165) is 18.3 Å². The Kier molecular flexibility index (Phi) is 2.37. The van der Waals surface area contributed by atoms with Crippen LogP contribution in [0.4, 0.5) is 0 Å². The SMILES string of the molecule is c1ccc2c(c1)OCC2CC1CCNC1. The summed E-state index contributed by atoms with van der Waals surface area (Å²) in [5, 5.41) is 3.43. The van der Waals surface area contributed by atoms with Gasteiger partial charge in [0.25, 0.3) is 0 Å². The molecule has 0 radical (unpaired) electrons. The molecule has 2 heteroatoms. The second-order valence-electron chi connectivity index (χ2n) is 4.64. The summed E-state index contributed by atoms with van der Waals surface area (Å²) in [5.41, 5.74) is 1.42. The fourth-order valence-electron chi connectivity index (χ4n) is 2.74. The highest BCUT2D eigenvalue weighted by Gasteiger charge is 2.27. The van der Waals surface area contributed by atoms with E-state index in [1.807, 2.05) is 0 Å². The maximum Gasteiger partial charge on any atom is 0.122 e. The van der Waals surface area contributed by atoms with Gasteiger partial charge in [-0.1, -0.05) is 18.2 Å². The molecule has 1 fully saturated rings. The molecule has 1 saturated heterocycles. The Hall–Kier alpha value is -1.02. The number of rotatable bonds is 2. The first-order chi connectivity index (χ1) is 7.43. The van der Waals surface area contributed by atoms with Crippen LogP contribution in [0.25, 0.3) is 0 Å². The molecule has 0 amide bonds. The molecule has 0 bridgehead atoms. The van der Waals surface area contributed by atoms with Gasteiger partial charge in [-0.2, -0.15) is 0 Å². The van der Waals surface area contributed by atoms with E-state index in [4.69, 9.17) is 4.74 Å². The number of hydrogen-bond donors (Lipinski definition) is 1. The van der Waals surface area contributed by atoms with Gasteiger partial charge in [0.15, 0.2) is 0 Å². The minimum Gasteiger partial charge on any atom is -0.493 e. The Morgan fingerprint density at radius 1 is 1.33 bits per heavy atom. The number of para-hydroxylation sites is 1. The molecule has 2 aliphatic rings. The maximum atomic E-state index is 5.70. The van der Waals surface area contributed by atoms with Crippen LogP contribution in [0.3, 0.4) is 0 Å². The lowest BCUT2D eigenvalue weighted by molar-refractivity contribution is 0.310. The molecular formula is C13H17NO. The van der Waals surface area contributed by atoms with Gasteiger partial charge in [-0.15, -0.1) is 0 Å². The Balaban J connectivity index is 1.73. The van der Waals surface area contributed by atoms with Crippen molar-refractivity contribution in [3.05, 3.63) is 29.8 Å². The van der Waals surface area contributed by atoms with Crippen molar-refractivity contribution < 1.29 is 4.74 Å². The third-order valence-electron chi connectivity index (χ3n) is 3.58. The summed E-state index contributed by atoms with van der Waals surface area (Å²) in [4.78, 5) is 0. The highest BCUT2D eigenvalue weighted by Crippen LogP contribution is 2.37. The molecule has 3 rings (SSSR count). The van der Waals surface area contributed by atoms with E-state index < -0.39 is 0 Å². The molecule has 1 N–H and O–H groups in total. The van der Waals surface area contributed by atoms with Crippen molar-refractivity contribution >= 4 is 0 Å². The quantitative estimate of drug-likeness (QED) is 0.795. The second-order valence-corrected chi connectivity index (χ2v) is 4.64. The molecule has 1 aromatic rings. The van der Waals surface area contributed by atoms with Crippen molar-refractivity contribution in [2.24, 2.45) is 5.92 Å². The van der Waals surface area contributed by atoms with Crippen LogP contribution in [0, 0.1) is 5.92 Å². The third-order valence-corrected chi connectivity index (χ3v) is 3.58. The van der Waals surface area contributed by atoms with E-state index >= 15 is 0 Å². The highest BCUT2D eigenvalue weighted by atomic mass is 16.5. The summed E-state index contributed by atoms with van der Waals surface area (Å²) >= 11 is 0. The van der Waals surface area contributed by atoms with E-state index in [-0.39, 0.29) is 0 Å². The minimum atomic E-state index is 0.631. The summed E-state index contributed by atoms with van der Waals surface area (Å²) in [5.74, 6) is 2.59. The van der Waals surface area contributed by atoms with Crippen LogP contribution in [0.15, 0.2) is 24.3 Å². The van der Waals surface area contributed by atoms with Crippen LogP contribution in [0.1, 0.15) is 24.3 Å². The van der Waals surface area contributed by atoms with Crippen molar-refractivity contribution in [1.82, 2.24) is 5.32 Å². The number of nitrogens with one attached hydrogen (secondary N) is 1. The smallest absolute Gasteiger partial charge is 0.122 e. The molecule has 2 nitrogen and oxygen atoms in total. The zero-order valence-corrected chi connectivity index (χ0v) is 8.91. The van der Waals surface area contributed by atoms with E-state index in [1.54, 1.807) is 0 Å². The first-order valence-corrected chi connectivity index (χ1v) is 5.86. The number of fused-ring (bicyclic) bond motifs is 1. The largest absolute Gasteiger partial charge is 0.493 e. The fourth-order valence-corrected chi connectivity index (χ4v) is 2.74. The Bertz CT molecular complexity index is 344. The van der Waals surface area contributed by atoms with Crippen molar-refractivity contribution in [2.75, 3.05) is 19.7 Å². The standard InChI is InChI=1S/C13H17NO/c1-2-4-13-12(3-1)11(9-15-13)7-10-5-6-14-8-10/h1-4,10-11,14H,5-9H2. The average Bonchev–Trinajstić information content (AvgIpc) is 2.89. The molecule has 0 spiro atoms. The molecule has 0 saturated carbocycles. The molecule has 0 aliphatic carbocycles. The topological polar surface area (TPSA) is 21.3 Å². The maximum absolute atomic E-state index is 5.70. The lowest BCUT2D eigenvalue weighted by Crippen LogP contribution is -2.12. The summed E-state index contributed by atoms with van der Waals surface area (Å²) in [6.07, 6.45) is 2.61. The number of hydrogen-bond acceptors (Lipinski definition) is 2. The lowest BCUT2D eigenvalue weighted by Gasteiger charge is -2.13. The van der Waals surface area contributed by atoms with Crippen LogP contribution in [0.2, 0.25) is 0 Å². The first-order valence-electron chi connectivity index (χ1n) is 5.86. The van der Waals surface area contributed by atoms with Gasteiger partial charge in [-0.3, -0.25) is 0 Å². The van der Waals surface area contributed by atoms with Gasteiger partial charge >= 0.3 is 0 Å². The van der Waals surface area contributed by atoms with Gasteiger partial charge in [0, 0.05) is 11.5 Å². The molecule has 2 heterocycles. The van der Waals surface area contributed by atoms with Gasteiger partial charge in [-0.05, 0) is 37.9 Å². The highest BCUT2D eigenvalue weighted by molar-refractivity contribution is 5.39. The predicted molar refractivity (Wildman–Crippen MR) is 60.3 cm³/mol. The lowest BCUT2D eigenvalue weighted by atomic mass is 9.90. The molecule has 15 heavy (non-hydrogen) atoms. The zero-order chi connectivity index (χ0) is 10.1. The monoisotopic (exact) mass is 203 g/mol. The van der Waals surface area contributed by atoms with E-state index in [1.165, 1.54) is 31.5 Å². The van der Waals surface area contributed by atoms with Gasteiger partial charge in [0.1, 0.15) is 5.75 Å². The summed E-state index contributed by atoms with van der Waals surface area (Å²) in [6, 6.07) is 8.48. The summed E-state index contributed by atoms with van der Waals surface area (Å²) < 4.78 is 5.70. The zero-order valence-electron chi connectivity index (χ0n) is 8.91.